The van der Waals surface area contributed by atoms with Gasteiger partial charge in [-0.25, -0.2) is 0 Å². The van der Waals surface area contributed by atoms with E-state index in [2.05, 4.69) is 5.32 Å². The zero-order chi connectivity index (χ0) is 12.3. The molecule has 0 saturated heterocycles. The molecule has 0 aromatic heterocycles. The van der Waals surface area contributed by atoms with E-state index in [0.717, 1.165) is 18.2 Å². The zero-order valence-electron chi connectivity index (χ0n) is 8.36. The first-order valence-electron chi connectivity index (χ1n) is 4.51. The van der Waals surface area contributed by atoms with Gasteiger partial charge in [-0.3, -0.25) is 4.79 Å². The van der Waals surface area contributed by atoms with Crippen molar-refractivity contribution in [3.05, 3.63) is 34.3 Å². The van der Waals surface area contributed by atoms with Gasteiger partial charge in [0.2, 0.25) is 0 Å². The molecule has 0 bridgehead atoms. The Labute approximate surface area is 95.4 Å². The van der Waals surface area contributed by atoms with Gasteiger partial charge in [0.1, 0.15) is 0 Å². The van der Waals surface area contributed by atoms with E-state index in [9.17, 15) is 18.0 Å². The summed E-state index contributed by atoms with van der Waals surface area (Å²) in [5.41, 5.74) is -1.06. The van der Waals surface area contributed by atoms with Gasteiger partial charge in [-0.05, 0) is 25.1 Å². The molecular formula is C10H9ClF3NO. The minimum atomic E-state index is -4.48. The maximum Gasteiger partial charge on any atom is 0.416 e. The van der Waals surface area contributed by atoms with Crippen molar-refractivity contribution in [3.63, 3.8) is 0 Å². The van der Waals surface area contributed by atoms with Crippen molar-refractivity contribution in [2.45, 2.75) is 13.1 Å². The number of halogens is 4. The van der Waals surface area contributed by atoms with E-state index in [-0.39, 0.29) is 10.6 Å². The molecule has 0 aliphatic rings. The van der Waals surface area contributed by atoms with Crippen LogP contribution in [0.2, 0.25) is 5.02 Å². The van der Waals surface area contributed by atoms with Crippen LogP contribution in [-0.4, -0.2) is 12.5 Å². The van der Waals surface area contributed by atoms with Gasteiger partial charge in [-0.1, -0.05) is 11.6 Å². The fraction of sp³-hybridized carbons (Fsp3) is 0.300. The van der Waals surface area contributed by atoms with Crippen molar-refractivity contribution in [3.8, 4) is 0 Å². The van der Waals surface area contributed by atoms with Crippen molar-refractivity contribution in [1.29, 1.82) is 0 Å². The van der Waals surface area contributed by atoms with Crippen molar-refractivity contribution < 1.29 is 18.0 Å². The summed E-state index contributed by atoms with van der Waals surface area (Å²) in [4.78, 5) is 11.4. The van der Waals surface area contributed by atoms with E-state index in [0.29, 0.717) is 6.54 Å². The van der Waals surface area contributed by atoms with Crippen molar-refractivity contribution >= 4 is 17.5 Å². The molecule has 0 saturated carbocycles. The monoisotopic (exact) mass is 251 g/mol. The van der Waals surface area contributed by atoms with E-state index >= 15 is 0 Å². The number of hydrogen-bond acceptors (Lipinski definition) is 1. The molecule has 16 heavy (non-hydrogen) atoms. The van der Waals surface area contributed by atoms with E-state index in [4.69, 9.17) is 11.6 Å². The Balaban J connectivity index is 3.14. The molecule has 0 heterocycles. The van der Waals surface area contributed by atoms with Crippen LogP contribution in [0.5, 0.6) is 0 Å². The highest BCUT2D eigenvalue weighted by atomic mass is 35.5. The largest absolute Gasteiger partial charge is 0.416 e. The minimum Gasteiger partial charge on any atom is -0.352 e. The highest BCUT2D eigenvalue weighted by Gasteiger charge is 2.31. The van der Waals surface area contributed by atoms with Crippen LogP contribution in [0, 0.1) is 0 Å². The fourth-order valence-corrected chi connectivity index (χ4v) is 1.33. The molecule has 0 radical (unpaired) electrons. The molecule has 1 aromatic rings. The summed E-state index contributed by atoms with van der Waals surface area (Å²) in [5.74, 6) is -0.612. The van der Waals surface area contributed by atoms with Crippen LogP contribution in [0.25, 0.3) is 0 Å². The molecule has 6 heteroatoms. The Morgan fingerprint density at radius 2 is 2.06 bits per heavy atom. The Morgan fingerprint density at radius 3 is 2.56 bits per heavy atom. The lowest BCUT2D eigenvalue weighted by Gasteiger charge is -2.10. The molecule has 88 valence electrons. The second-order valence-corrected chi connectivity index (χ2v) is 3.46. The molecule has 1 amide bonds. The molecule has 0 fully saturated rings. The zero-order valence-corrected chi connectivity index (χ0v) is 9.12. The number of alkyl halides is 3. The lowest BCUT2D eigenvalue weighted by Crippen LogP contribution is -2.23. The normalized spacial score (nSPS) is 11.3. The first kappa shape index (κ1) is 12.8. The maximum absolute atomic E-state index is 12.4. The van der Waals surface area contributed by atoms with Crippen LogP contribution in [0.1, 0.15) is 22.8 Å². The topological polar surface area (TPSA) is 29.1 Å². The fourth-order valence-electron chi connectivity index (χ4n) is 1.13. The van der Waals surface area contributed by atoms with Crippen LogP contribution >= 0.6 is 11.6 Å². The lowest BCUT2D eigenvalue weighted by atomic mass is 10.1. The molecule has 0 aliphatic heterocycles. The number of amides is 1. The number of rotatable bonds is 2. The number of carbonyl (C=O) groups is 1. The molecule has 0 spiro atoms. The highest BCUT2D eigenvalue weighted by Crippen LogP contribution is 2.31. The van der Waals surface area contributed by atoms with Crippen LogP contribution < -0.4 is 5.32 Å². The third-order valence-corrected chi connectivity index (χ3v) is 2.21. The third-order valence-electron chi connectivity index (χ3n) is 1.88. The minimum absolute atomic E-state index is 0.000972. The summed E-state index contributed by atoms with van der Waals surface area (Å²) >= 11 is 5.65. The molecule has 0 aliphatic carbocycles. The summed E-state index contributed by atoms with van der Waals surface area (Å²) in [7, 11) is 0. The first-order valence-corrected chi connectivity index (χ1v) is 4.89. The van der Waals surface area contributed by atoms with Crippen LogP contribution in [0.15, 0.2) is 18.2 Å². The van der Waals surface area contributed by atoms with Gasteiger partial charge < -0.3 is 5.32 Å². The molecule has 1 aromatic carbocycles. The molecule has 1 N–H and O–H groups in total. The molecule has 1 rings (SSSR count). The van der Waals surface area contributed by atoms with Gasteiger partial charge in [-0.2, -0.15) is 13.2 Å². The van der Waals surface area contributed by atoms with E-state index in [1.807, 2.05) is 0 Å². The smallest absolute Gasteiger partial charge is 0.352 e. The average Bonchev–Trinajstić information content (AvgIpc) is 2.16. The summed E-state index contributed by atoms with van der Waals surface area (Å²) in [6, 6.07) is 2.65. The number of carbonyl (C=O) groups excluding carboxylic acids is 1. The van der Waals surface area contributed by atoms with E-state index < -0.39 is 17.6 Å². The predicted octanol–water partition coefficient (Wildman–Crippen LogP) is 3.11. The van der Waals surface area contributed by atoms with Gasteiger partial charge >= 0.3 is 6.18 Å². The maximum atomic E-state index is 12.4. The predicted molar refractivity (Wildman–Crippen MR) is 54.5 cm³/mol. The molecule has 0 atom stereocenters. The average molecular weight is 252 g/mol. The van der Waals surface area contributed by atoms with Gasteiger partial charge in [0, 0.05) is 6.54 Å². The van der Waals surface area contributed by atoms with Gasteiger partial charge in [-0.15, -0.1) is 0 Å². The third kappa shape index (κ3) is 2.88. The summed E-state index contributed by atoms with van der Waals surface area (Å²) in [6.45, 7) is 1.99. The molecule has 2 nitrogen and oxygen atoms in total. The summed E-state index contributed by atoms with van der Waals surface area (Å²) in [6.07, 6.45) is -4.48. The van der Waals surface area contributed by atoms with Gasteiger partial charge in [0.05, 0.1) is 16.1 Å². The Kier molecular flexibility index (Phi) is 3.80. The SMILES string of the molecule is CCNC(=O)c1cc(C(F)(F)F)ccc1Cl. The molecular weight excluding hydrogens is 243 g/mol. The van der Waals surface area contributed by atoms with E-state index in [1.54, 1.807) is 6.92 Å². The summed E-state index contributed by atoms with van der Waals surface area (Å²) < 4.78 is 37.1. The van der Waals surface area contributed by atoms with Crippen LogP contribution in [-0.2, 0) is 6.18 Å². The Hall–Kier alpha value is -1.23. The Morgan fingerprint density at radius 1 is 1.44 bits per heavy atom. The number of nitrogens with one attached hydrogen (secondary N) is 1. The second-order valence-electron chi connectivity index (χ2n) is 3.05. The van der Waals surface area contributed by atoms with Crippen molar-refractivity contribution in [2.24, 2.45) is 0 Å². The number of hydrogen-bond donors (Lipinski definition) is 1. The van der Waals surface area contributed by atoms with E-state index in [1.165, 1.54) is 0 Å². The van der Waals surface area contributed by atoms with Crippen LogP contribution in [0.3, 0.4) is 0 Å². The standard InChI is InChI=1S/C10H9ClF3NO/c1-2-15-9(16)7-5-6(10(12,13)14)3-4-8(7)11/h3-5H,2H2,1H3,(H,15,16). The van der Waals surface area contributed by atoms with Crippen molar-refractivity contribution in [2.75, 3.05) is 6.54 Å². The second kappa shape index (κ2) is 4.74. The number of benzene rings is 1. The van der Waals surface area contributed by atoms with Gasteiger partial charge in [0.15, 0.2) is 0 Å². The van der Waals surface area contributed by atoms with Crippen molar-refractivity contribution in [1.82, 2.24) is 5.32 Å². The summed E-state index contributed by atoms with van der Waals surface area (Å²) in [5, 5.41) is 2.39. The quantitative estimate of drug-likeness (QED) is 0.860. The highest BCUT2D eigenvalue weighted by molar-refractivity contribution is 6.33. The Bertz CT molecular complexity index is 404. The van der Waals surface area contributed by atoms with Gasteiger partial charge in [0.25, 0.3) is 5.91 Å². The lowest BCUT2D eigenvalue weighted by molar-refractivity contribution is -0.137. The van der Waals surface area contributed by atoms with Crippen LogP contribution in [0.4, 0.5) is 13.2 Å². The molecule has 0 unspecified atom stereocenters. The first-order chi connectivity index (χ1) is 7.36.